The van der Waals surface area contributed by atoms with Crippen LogP contribution >= 0.6 is 0 Å². The highest BCUT2D eigenvalue weighted by atomic mass is 19.1. The highest BCUT2D eigenvalue weighted by Crippen LogP contribution is 2.17. The molecule has 0 aliphatic heterocycles. The summed E-state index contributed by atoms with van der Waals surface area (Å²) in [6.45, 7) is 4.00. The van der Waals surface area contributed by atoms with Crippen molar-refractivity contribution in [2.75, 3.05) is 0 Å². The Morgan fingerprint density at radius 3 is 2.67 bits per heavy atom. The zero-order chi connectivity index (χ0) is 11.4. The third-order valence-electron chi connectivity index (χ3n) is 1.90. The van der Waals surface area contributed by atoms with E-state index < -0.39 is 0 Å². The average Bonchev–Trinajstić information content (AvgIpc) is 2.56. The number of hydrogen-bond donors (Lipinski definition) is 0. The van der Waals surface area contributed by atoms with E-state index in [-0.39, 0.29) is 5.82 Å². The number of hydrogen-bond acceptors (Lipinski definition) is 2. The van der Waals surface area contributed by atoms with Gasteiger partial charge in [0.1, 0.15) is 17.6 Å². The molecule has 4 heteroatoms. The van der Waals surface area contributed by atoms with Crippen molar-refractivity contribution in [2.24, 2.45) is 7.05 Å². The molecule has 2 rings (SSSR count). The molecule has 0 radical (unpaired) electrons. The topological polar surface area (TPSA) is 41.6 Å². The molecule has 1 aromatic carbocycles. The lowest BCUT2D eigenvalue weighted by molar-refractivity contribution is 0.629. The van der Waals surface area contributed by atoms with Crippen molar-refractivity contribution in [3.05, 3.63) is 29.7 Å². The smallest absolute Gasteiger partial charge is 0.146 e. The molecule has 2 aromatic rings. The molecule has 0 saturated carbocycles. The number of nitriles is 1. The van der Waals surface area contributed by atoms with Gasteiger partial charge in [0.05, 0.1) is 5.52 Å². The highest BCUT2D eigenvalue weighted by Gasteiger charge is 2.07. The molecule has 78 valence electrons. The minimum Gasteiger partial charge on any atom is -0.257 e. The molecule has 0 amide bonds. The molecule has 0 aliphatic carbocycles. The van der Waals surface area contributed by atoms with Crippen LogP contribution in [0, 0.1) is 17.1 Å². The van der Waals surface area contributed by atoms with Crippen molar-refractivity contribution in [3.8, 4) is 6.07 Å². The van der Waals surface area contributed by atoms with Crippen LogP contribution in [0.25, 0.3) is 10.9 Å². The second kappa shape index (κ2) is 4.56. The van der Waals surface area contributed by atoms with Gasteiger partial charge >= 0.3 is 0 Å². The van der Waals surface area contributed by atoms with Crippen molar-refractivity contribution in [1.29, 1.82) is 5.26 Å². The number of aryl methyl sites for hydroxylation is 1. The van der Waals surface area contributed by atoms with E-state index in [2.05, 4.69) is 5.10 Å². The molecule has 0 atom stereocenters. The standard InChI is InChI=1S/C9H6FN3.C2H6/c1-13-9(5-11)7-4-6(10)2-3-8(7)12-13;1-2/h2-4H,1H3;1-2H3. The molecule has 15 heavy (non-hydrogen) atoms. The third kappa shape index (κ3) is 1.96. The van der Waals surface area contributed by atoms with E-state index in [0.29, 0.717) is 16.6 Å². The fourth-order valence-electron chi connectivity index (χ4n) is 1.30. The number of rotatable bonds is 0. The van der Waals surface area contributed by atoms with E-state index in [1.807, 2.05) is 19.9 Å². The summed E-state index contributed by atoms with van der Waals surface area (Å²) in [7, 11) is 1.66. The SMILES string of the molecule is CC.Cn1nc2ccc(F)cc2c1C#N. The first-order valence-corrected chi connectivity index (χ1v) is 4.75. The first-order valence-electron chi connectivity index (χ1n) is 4.75. The lowest BCUT2D eigenvalue weighted by Crippen LogP contribution is -1.92. The molecule has 0 bridgehead atoms. The van der Waals surface area contributed by atoms with Crippen molar-refractivity contribution in [2.45, 2.75) is 13.8 Å². The average molecular weight is 205 g/mol. The highest BCUT2D eigenvalue weighted by molar-refractivity contribution is 5.83. The van der Waals surface area contributed by atoms with Crippen LogP contribution < -0.4 is 0 Å². The Labute approximate surface area is 87.7 Å². The third-order valence-corrected chi connectivity index (χ3v) is 1.90. The molecular weight excluding hydrogens is 193 g/mol. The Balaban J connectivity index is 0.000000531. The fourth-order valence-corrected chi connectivity index (χ4v) is 1.30. The van der Waals surface area contributed by atoms with Gasteiger partial charge in [-0.05, 0) is 18.2 Å². The summed E-state index contributed by atoms with van der Waals surface area (Å²) in [6.07, 6.45) is 0. The largest absolute Gasteiger partial charge is 0.257 e. The van der Waals surface area contributed by atoms with Crippen LogP contribution in [0.2, 0.25) is 0 Å². The molecular formula is C11H12FN3. The van der Waals surface area contributed by atoms with Gasteiger partial charge in [0, 0.05) is 12.4 Å². The minimum atomic E-state index is -0.350. The number of nitrogens with zero attached hydrogens (tertiary/aromatic N) is 3. The van der Waals surface area contributed by atoms with Gasteiger partial charge in [-0.3, -0.25) is 4.68 Å². The monoisotopic (exact) mass is 205 g/mol. The molecule has 0 spiro atoms. The molecule has 3 nitrogen and oxygen atoms in total. The zero-order valence-electron chi connectivity index (χ0n) is 8.95. The predicted molar refractivity (Wildman–Crippen MR) is 56.7 cm³/mol. The molecule has 1 heterocycles. The number of fused-ring (bicyclic) bond motifs is 1. The molecule has 0 saturated heterocycles. The molecule has 0 unspecified atom stereocenters. The minimum absolute atomic E-state index is 0.350. The second-order valence-electron chi connectivity index (χ2n) is 2.75. The van der Waals surface area contributed by atoms with Gasteiger partial charge < -0.3 is 0 Å². The number of halogens is 1. The predicted octanol–water partition coefficient (Wildman–Crippen LogP) is 2.61. The van der Waals surface area contributed by atoms with Crippen molar-refractivity contribution < 1.29 is 4.39 Å². The van der Waals surface area contributed by atoms with E-state index in [4.69, 9.17) is 5.26 Å². The first kappa shape index (κ1) is 11.2. The van der Waals surface area contributed by atoms with Gasteiger partial charge in [-0.2, -0.15) is 10.4 Å². The van der Waals surface area contributed by atoms with E-state index in [1.54, 1.807) is 13.1 Å². The Morgan fingerprint density at radius 2 is 2.07 bits per heavy atom. The summed E-state index contributed by atoms with van der Waals surface area (Å²) in [5, 5.41) is 13.4. The van der Waals surface area contributed by atoms with Crippen LogP contribution in [0.5, 0.6) is 0 Å². The maximum atomic E-state index is 12.8. The molecule has 0 aliphatic rings. The van der Waals surface area contributed by atoms with Gasteiger partial charge in [-0.1, -0.05) is 13.8 Å². The van der Waals surface area contributed by atoms with Crippen LogP contribution in [0.15, 0.2) is 18.2 Å². The van der Waals surface area contributed by atoms with Crippen LogP contribution in [0.1, 0.15) is 19.5 Å². The van der Waals surface area contributed by atoms with E-state index in [9.17, 15) is 4.39 Å². The summed E-state index contributed by atoms with van der Waals surface area (Å²) < 4.78 is 14.3. The lowest BCUT2D eigenvalue weighted by atomic mass is 10.2. The van der Waals surface area contributed by atoms with Crippen LogP contribution in [-0.4, -0.2) is 9.78 Å². The maximum absolute atomic E-state index is 12.8. The van der Waals surface area contributed by atoms with Crippen LogP contribution in [0.3, 0.4) is 0 Å². The Bertz CT molecular complexity index is 508. The van der Waals surface area contributed by atoms with Crippen molar-refractivity contribution in [1.82, 2.24) is 9.78 Å². The summed E-state index contributed by atoms with van der Waals surface area (Å²) in [5.74, 6) is -0.350. The maximum Gasteiger partial charge on any atom is 0.146 e. The number of benzene rings is 1. The molecule has 1 aromatic heterocycles. The van der Waals surface area contributed by atoms with Gasteiger partial charge in [0.25, 0.3) is 0 Å². The normalized spacial score (nSPS) is 9.27. The van der Waals surface area contributed by atoms with Crippen LogP contribution in [-0.2, 0) is 7.05 Å². The second-order valence-corrected chi connectivity index (χ2v) is 2.75. The summed E-state index contributed by atoms with van der Waals surface area (Å²) >= 11 is 0. The lowest BCUT2D eigenvalue weighted by Gasteiger charge is -1.88. The first-order chi connectivity index (χ1) is 7.22. The van der Waals surface area contributed by atoms with Crippen molar-refractivity contribution >= 4 is 10.9 Å². The van der Waals surface area contributed by atoms with Crippen molar-refractivity contribution in [3.63, 3.8) is 0 Å². The van der Waals surface area contributed by atoms with E-state index in [0.717, 1.165) is 0 Å². The Morgan fingerprint density at radius 1 is 1.40 bits per heavy atom. The fraction of sp³-hybridized carbons (Fsp3) is 0.273. The van der Waals surface area contributed by atoms with Crippen LogP contribution in [0.4, 0.5) is 4.39 Å². The quantitative estimate of drug-likeness (QED) is 0.663. The summed E-state index contributed by atoms with van der Waals surface area (Å²) in [6, 6.07) is 6.19. The van der Waals surface area contributed by atoms with E-state index >= 15 is 0 Å². The van der Waals surface area contributed by atoms with Gasteiger partial charge in [0.2, 0.25) is 0 Å². The van der Waals surface area contributed by atoms with Gasteiger partial charge in [-0.25, -0.2) is 4.39 Å². The number of aromatic nitrogens is 2. The Hall–Kier alpha value is -1.89. The molecule has 0 N–H and O–H groups in total. The summed E-state index contributed by atoms with van der Waals surface area (Å²) in [5.41, 5.74) is 1.02. The van der Waals surface area contributed by atoms with Gasteiger partial charge in [-0.15, -0.1) is 0 Å². The van der Waals surface area contributed by atoms with Gasteiger partial charge in [0.15, 0.2) is 0 Å². The Kier molecular flexibility index (Phi) is 3.40. The summed E-state index contributed by atoms with van der Waals surface area (Å²) in [4.78, 5) is 0. The van der Waals surface area contributed by atoms with E-state index in [1.165, 1.54) is 16.8 Å². The molecule has 0 fully saturated rings. The zero-order valence-corrected chi connectivity index (χ0v) is 8.95.